The molecule has 0 aromatic heterocycles. The molecule has 2 fully saturated rings. The molecular formula is C18H33NO2Si. The molecule has 2 heterocycles. The fraction of sp³-hybridized carbons (Fsp3) is 0.889. The van der Waals surface area contributed by atoms with Gasteiger partial charge in [0.2, 0.25) is 0 Å². The lowest BCUT2D eigenvalue weighted by Gasteiger charge is -2.32. The minimum atomic E-state index is -1.18. The normalized spacial score (nSPS) is 24.2. The van der Waals surface area contributed by atoms with Crippen LogP contribution in [0.4, 0.5) is 0 Å². The summed E-state index contributed by atoms with van der Waals surface area (Å²) in [5.41, 5.74) is 3.45. The van der Waals surface area contributed by atoms with E-state index in [4.69, 9.17) is 9.47 Å². The van der Waals surface area contributed by atoms with E-state index in [2.05, 4.69) is 36.0 Å². The highest BCUT2D eigenvalue weighted by Crippen LogP contribution is 2.18. The molecule has 0 amide bonds. The maximum Gasteiger partial charge on any atom is 0.129 e. The fourth-order valence-electron chi connectivity index (χ4n) is 3.01. The van der Waals surface area contributed by atoms with Gasteiger partial charge in [-0.25, -0.2) is 0 Å². The molecule has 0 aromatic carbocycles. The van der Waals surface area contributed by atoms with Gasteiger partial charge in [-0.15, -0.1) is 11.5 Å². The Bertz CT molecular complexity index is 369. The van der Waals surface area contributed by atoms with Crippen molar-refractivity contribution in [3.63, 3.8) is 0 Å². The summed E-state index contributed by atoms with van der Waals surface area (Å²) in [6, 6.07) is 0. The Morgan fingerprint density at radius 1 is 1.18 bits per heavy atom. The van der Waals surface area contributed by atoms with Crippen LogP contribution in [0.1, 0.15) is 32.1 Å². The summed E-state index contributed by atoms with van der Waals surface area (Å²) in [5.74, 6) is 4.02. The lowest BCUT2D eigenvalue weighted by molar-refractivity contribution is -0.0104. The maximum absolute atomic E-state index is 6.07. The van der Waals surface area contributed by atoms with E-state index in [1.807, 2.05) is 0 Å². The molecule has 0 aliphatic carbocycles. The minimum absolute atomic E-state index is 0.475. The van der Waals surface area contributed by atoms with Crippen LogP contribution in [0.25, 0.3) is 0 Å². The van der Waals surface area contributed by atoms with Gasteiger partial charge in [-0.2, -0.15) is 0 Å². The van der Waals surface area contributed by atoms with Gasteiger partial charge in [-0.05, 0) is 32.2 Å². The summed E-state index contributed by atoms with van der Waals surface area (Å²) >= 11 is 0. The first-order valence-electron chi connectivity index (χ1n) is 8.95. The largest absolute Gasteiger partial charge is 0.381 e. The van der Waals surface area contributed by atoms with Crippen LogP contribution in [0, 0.1) is 17.4 Å². The van der Waals surface area contributed by atoms with Gasteiger partial charge in [0.1, 0.15) is 8.07 Å². The Hall–Kier alpha value is -0.343. The number of unbranched alkanes of at least 4 members (excludes halogenated alkanes) is 1. The fourth-order valence-corrected chi connectivity index (χ4v) is 3.66. The van der Waals surface area contributed by atoms with Gasteiger partial charge < -0.3 is 14.4 Å². The summed E-state index contributed by atoms with van der Waals surface area (Å²) in [6.45, 7) is 13.2. The first-order chi connectivity index (χ1) is 10.5. The summed E-state index contributed by atoms with van der Waals surface area (Å²) < 4.78 is 11.5. The number of hydrogen-bond acceptors (Lipinski definition) is 3. The van der Waals surface area contributed by atoms with Crippen molar-refractivity contribution < 1.29 is 9.47 Å². The molecule has 1 unspecified atom stereocenters. The van der Waals surface area contributed by atoms with Crippen molar-refractivity contribution in [3.05, 3.63) is 0 Å². The van der Waals surface area contributed by atoms with Crippen LogP contribution in [0.15, 0.2) is 0 Å². The monoisotopic (exact) mass is 323 g/mol. The average molecular weight is 324 g/mol. The SMILES string of the molecule is C[Si](C)(C)C#CCCCN1CCC(OCC2CCOC2)CC1. The van der Waals surface area contributed by atoms with Gasteiger partial charge in [0.05, 0.1) is 19.3 Å². The van der Waals surface area contributed by atoms with Crippen LogP contribution in [0.2, 0.25) is 19.6 Å². The van der Waals surface area contributed by atoms with Crippen molar-refractivity contribution >= 4 is 8.07 Å². The Kier molecular flexibility index (Phi) is 7.43. The highest BCUT2D eigenvalue weighted by molar-refractivity contribution is 6.83. The van der Waals surface area contributed by atoms with Crippen LogP contribution < -0.4 is 0 Å². The average Bonchev–Trinajstić information content (AvgIpc) is 2.98. The Morgan fingerprint density at radius 3 is 2.59 bits per heavy atom. The summed E-state index contributed by atoms with van der Waals surface area (Å²) in [4.78, 5) is 2.58. The van der Waals surface area contributed by atoms with E-state index in [9.17, 15) is 0 Å². The van der Waals surface area contributed by atoms with E-state index in [0.29, 0.717) is 12.0 Å². The molecule has 2 rings (SSSR count). The van der Waals surface area contributed by atoms with Crippen molar-refractivity contribution in [3.8, 4) is 11.5 Å². The van der Waals surface area contributed by atoms with E-state index >= 15 is 0 Å². The molecule has 0 radical (unpaired) electrons. The third-order valence-corrected chi connectivity index (χ3v) is 5.29. The standard InChI is InChI=1S/C18H33NO2Si/c1-22(2,3)14-6-4-5-10-19-11-7-18(8-12-19)21-16-17-9-13-20-15-17/h17-18H,4-5,7-13,15-16H2,1-3H3. The number of rotatable bonds is 6. The minimum Gasteiger partial charge on any atom is -0.381 e. The van der Waals surface area contributed by atoms with E-state index in [1.54, 1.807) is 0 Å². The molecule has 0 N–H and O–H groups in total. The zero-order chi connectivity index (χ0) is 15.8. The second-order valence-electron chi connectivity index (χ2n) is 7.76. The predicted octanol–water partition coefficient (Wildman–Crippen LogP) is 3.16. The molecule has 2 aliphatic rings. The van der Waals surface area contributed by atoms with Crippen molar-refractivity contribution in [1.29, 1.82) is 0 Å². The summed E-state index contributed by atoms with van der Waals surface area (Å²) in [7, 11) is -1.18. The van der Waals surface area contributed by atoms with Crippen LogP contribution in [0.3, 0.4) is 0 Å². The molecule has 4 heteroatoms. The van der Waals surface area contributed by atoms with Crippen molar-refractivity contribution in [2.45, 2.75) is 57.8 Å². The third kappa shape index (κ3) is 7.28. The predicted molar refractivity (Wildman–Crippen MR) is 94.7 cm³/mol. The molecule has 0 bridgehead atoms. The van der Waals surface area contributed by atoms with Crippen LogP contribution in [-0.2, 0) is 9.47 Å². The molecule has 0 saturated carbocycles. The molecule has 126 valence electrons. The molecule has 2 saturated heterocycles. The van der Waals surface area contributed by atoms with E-state index in [0.717, 1.165) is 26.2 Å². The zero-order valence-electron chi connectivity index (χ0n) is 14.7. The van der Waals surface area contributed by atoms with Crippen molar-refractivity contribution in [1.82, 2.24) is 4.90 Å². The molecule has 22 heavy (non-hydrogen) atoms. The highest BCUT2D eigenvalue weighted by Gasteiger charge is 2.22. The Labute approximate surface area is 137 Å². The van der Waals surface area contributed by atoms with Crippen LogP contribution in [-0.4, -0.2) is 58.5 Å². The molecule has 0 spiro atoms. The topological polar surface area (TPSA) is 21.7 Å². The third-order valence-electron chi connectivity index (χ3n) is 4.37. The highest BCUT2D eigenvalue weighted by atomic mass is 28.3. The van der Waals surface area contributed by atoms with Gasteiger partial charge in [0.15, 0.2) is 0 Å². The van der Waals surface area contributed by atoms with Gasteiger partial charge in [-0.3, -0.25) is 0 Å². The second-order valence-corrected chi connectivity index (χ2v) is 12.5. The number of nitrogens with zero attached hydrogens (tertiary/aromatic N) is 1. The second kappa shape index (κ2) is 9.07. The maximum atomic E-state index is 6.07. The van der Waals surface area contributed by atoms with E-state index < -0.39 is 8.07 Å². The lowest BCUT2D eigenvalue weighted by atomic mass is 10.1. The molecule has 3 nitrogen and oxygen atoms in total. The quantitative estimate of drug-likeness (QED) is 0.426. The first-order valence-corrected chi connectivity index (χ1v) is 12.4. The molecule has 1 atom stereocenters. The first kappa shape index (κ1) is 18.0. The Morgan fingerprint density at radius 2 is 1.95 bits per heavy atom. The Balaban J connectivity index is 1.52. The summed E-state index contributed by atoms with van der Waals surface area (Å²) in [6.07, 6.45) is 6.30. The smallest absolute Gasteiger partial charge is 0.129 e. The lowest BCUT2D eigenvalue weighted by Crippen LogP contribution is -2.38. The van der Waals surface area contributed by atoms with Gasteiger partial charge in [0.25, 0.3) is 0 Å². The number of likely N-dealkylation sites (tertiary alicyclic amines) is 1. The van der Waals surface area contributed by atoms with Gasteiger partial charge in [0, 0.05) is 32.0 Å². The molecule has 0 aromatic rings. The molecule has 2 aliphatic heterocycles. The van der Waals surface area contributed by atoms with Crippen molar-refractivity contribution in [2.75, 3.05) is 39.5 Å². The van der Waals surface area contributed by atoms with E-state index in [-0.39, 0.29) is 0 Å². The summed E-state index contributed by atoms with van der Waals surface area (Å²) in [5, 5.41) is 0. The number of piperidine rings is 1. The van der Waals surface area contributed by atoms with Gasteiger partial charge in [-0.1, -0.05) is 19.6 Å². The number of ether oxygens (including phenoxy) is 2. The van der Waals surface area contributed by atoms with Crippen LogP contribution in [0.5, 0.6) is 0 Å². The number of hydrogen-bond donors (Lipinski definition) is 0. The zero-order valence-corrected chi connectivity index (χ0v) is 15.7. The van der Waals surface area contributed by atoms with Gasteiger partial charge >= 0.3 is 0 Å². The van der Waals surface area contributed by atoms with Crippen LogP contribution >= 0.6 is 0 Å². The molecular weight excluding hydrogens is 290 g/mol. The van der Waals surface area contributed by atoms with Crippen molar-refractivity contribution in [2.24, 2.45) is 5.92 Å². The van der Waals surface area contributed by atoms with E-state index in [1.165, 1.54) is 45.3 Å².